The number of carbonyl (C=O) groups is 1. The van der Waals surface area contributed by atoms with Crippen molar-refractivity contribution in [1.29, 1.82) is 0 Å². The minimum absolute atomic E-state index is 0.330. The first-order valence-corrected chi connectivity index (χ1v) is 10.3. The summed E-state index contributed by atoms with van der Waals surface area (Å²) in [7, 11) is 3.04. The van der Waals surface area contributed by atoms with Gasteiger partial charge in [0, 0.05) is 18.5 Å². The van der Waals surface area contributed by atoms with Crippen molar-refractivity contribution in [1.82, 2.24) is 14.3 Å². The first-order valence-electron chi connectivity index (χ1n) is 9.95. The second-order valence-electron chi connectivity index (χ2n) is 7.26. The molecule has 0 atom stereocenters. The Balaban J connectivity index is 1.81. The summed E-state index contributed by atoms with van der Waals surface area (Å²) in [5, 5.41) is 7.95. The molecule has 0 bridgehead atoms. The van der Waals surface area contributed by atoms with Crippen LogP contribution in [-0.2, 0) is 0 Å². The molecule has 2 aromatic heterocycles. The Bertz CT molecular complexity index is 1260. The highest BCUT2D eigenvalue weighted by molar-refractivity contribution is 6.32. The van der Waals surface area contributed by atoms with Crippen molar-refractivity contribution in [2.75, 3.05) is 19.5 Å². The van der Waals surface area contributed by atoms with Crippen molar-refractivity contribution in [3.8, 4) is 23.0 Å². The molecule has 0 spiro atoms. The number of carbonyl (C=O) groups excluding carboxylic acids is 1. The summed E-state index contributed by atoms with van der Waals surface area (Å²) in [6, 6.07) is 15.0. The third kappa shape index (κ3) is 3.94. The number of rotatable bonds is 6. The van der Waals surface area contributed by atoms with Crippen molar-refractivity contribution >= 4 is 23.2 Å². The van der Waals surface area contributed by atoms with Crippen LogP contribution in [0.25, 0.3) is 11.5 Å². The van der Waals surface area contributed by atoms with Gasteiger partial charge in [0.25, 0.3) is 5.91 Å². The van der Waals surface area contributed by atoms with Crippen LogP contribution >= 0.6 is 11.6 Å². The van der Waals surface area contributed by atoms with E-state index in [4.69, 9.17) is 21.1 Å². The lowest BCUT2D eigenvalue weighted by Gasteiger charge is -2.14. The largest absolute Gasteiger partial charge is 0.495 e. The number of aryl methyl sites for hydroxylation is 2. The Kier molecular flexibility index (Phi) is 5.92. The average molecular weight is 451 g/mol. The molecule has 32 heavy (non-hydrogen) atoms. The number of nitrogens with one attached hydrogen (secondary N) is 1. The summed E-state index contributed by atoms with van der Waals surface area (Å²) in [4.78, 5) is 13.5. The van der Waals surface area contributed by atoms with Gasteiger partial charge in [-0.25, -0.2) is 4.68 Å². The smallest absolute Gasteiger partial charge is 0.261 e. The molecular weight excluding hydrogens is 428 g/mol. The first-order chi connectivity index (χ1) is 15.4. The fourth-order valence-corrected chi connectivity index (χ4v) is 3.74. The summed E-state index contributed by atoms with van der Waals surface area (Å²) in [5.41, 5.74) is 3.46. The van der Waals surface area contributed by atoms with Crippen LogP contribution in [0.15, 0.2) is 60.9 Å². The molecule has 0 saturated carbocycles. The topological polar surface area (TPSA) is 70.3 Å². The van der Waals surface area contributed by atoms with Gasteiger partial charge in [0.2, 0.25) is 0 Å². The summed E-state index contributed by atoms with van der Waals surface area (Å²) in [6.07, 6.45) is 3.76. The molecule has 164 valence electrons. The number of nitrogens with zero attached hydrogens (tertiary/aromatic N) is 3. The number of benzene rings is 2. The lowest BCUT2D eigenvalue weighted by molar-refractivity contribution is 0.102. The van der Waals surface area contributed by atoms with E-state index in [0.717, 1.165) is 11.3 Å². The second kappa shape index (κ2) is 8.80. The van der Waals surface area contributed by atoms with Crippen LogP contribution in [0.5, 0.6) is 11.5 Å². The van der Waals surface area contributed by atoms with Gasteiger partial charge in [-0.05, 0) is 44.2 Å². The molecule has 0 aliphatic carbocycles. The monoisotopic (exact) mass is 450 g/mol. The zero-order valence-corrected chi connectivity index (χ0v) is 19.0. The molecule has 7 nitrogen and oxygen atoms in total. The SMILES string of the molecule is COc1cc(OC)c(NC(=O)c2c(C)nn(-c3ccc(C)cc3)c2-n2cccc2)cc1Cl. The van der Waals surface area contributed by atoms with E-state index in [-0.39, 0.29) is 5.91 Å². The molecule has 0 aliphatic heterocycles. The Morgan fingerprint density at radius 2 is 1.66 bits per heavy atom. The van der Waals surface area contributed by atoms with Gasteiger partial charge in [0.1, 0.15) is 17.1 Å². The van der Waals surface area contributed by atoms with E-state index in [9.17, 15) is 4.79 Å². The van der Waals surface area contributed by atoms with Gasteiger partial charge in [-0.3, -0.25) is 4.79 Å². The standard InChI is InChI=1S/C24H23ClN4O3/c1-15-7-9-17(10-8-15)29-24(28-11-5-6-12-28)22(16(2)27-29)23(30)26-19-13-18(25)20(31-3)14-21(19)32-4/h5-14H,1-4H3,(H,26,30). The maximum atomic E-state index is 13.5. The fraction of sp³-hybridized carbons (Fsp3) is 0.167. The van der Waals surface area contributed by atoms with Crippen LogP contribution in [0.1, 0.15) is 21.6 Å². The fourth-order valence-electron chi connectivity index (χ4n) is 3.50. The normalized spacial score (nSPS) is 10.8. The molecule has 1 N–H and O–H groups in total. The Morgan fingerprint density at radius 1 is 1.00 bits per heavy atom. The molecule has 4 aromatic rings. The molecule has 1 amide bonds. The number of ether oxygens (including phenoxy) is 2. The van der Waals surface area contributed by atoms with E-state index in [1.807, 2.05) is 67.2 Å². The van der Waals surface area contributed by atoms with Gasteiger partial charge in [0.15, 0.2) is 5.82 Å². The van der Waals surface area contributed by atoms with Gasteiger partial charge >= 0.3 is 0 Å². The van der Waals surface area contributed by atoms with E-state index in [1.165, 1.54) is 14.2 Å². The molecule has 0 radical (unpaired) electrons. The van der Waals surface area contributed by atoms with Crippen LogP contribution in [0.2, 0.25) is 5.02 Å². The molecule has 4 rings (SSSR count). The van der Waals surface area contributed by atoms with Crippen LogP contribution in [0.4, 0.5) is 5.69 Å². The second-order valence-corrected chi connectivity index (χ2v) is 7.67. The van der Waals surface area contributed by atoms with Crippen molar-refractivity contribution in [2.24, 2.45) is 0 Å². The van der Waals surface area contributed by atoms with Crippen molar-refractivity contribution in [2.45, 2.75) is 13.8 Å². The number of methoxy groups -OCH3 is 2. The lowest BCUT2D eigenvalue weighted by Crippen LogP contribution is -2.16. The third-order valence-corrected chi connectivity index (χ3v) is 5.41. The zero-order valence-electron chi connectivity index (χ0n) is 18.2. The molecule has 0 fully saturated rings. The van der Waals surface area contributed by atoms with Crippen LogP contribution in [0.3, 0.4) is 0 Å². The zero-order chi connectivity index (χ0) is 22.8. The lowest BCUT2D eigenvalue weighted by atomic mass is 10.2. The van der Waals surface area contributed by atoms with Crippen molar-refractivity contribution in [3.63, 3.8) is 0 Å². The van der Waals surface area contributed by atoms with E-state index in [0.29, 0.717) is 39.3 Å². The maximum absolute atomic E-state index is 13.5. The number of aromatic nitrogens is 3. The number of hydrogen-bond donors (Lipinski definition) is 1. The molecule has 2 heterocycles. The Hall–Kier alpha value is -3.71. The number of amides is 1. The predicted octanol–water partition coefficient (Wildman–Crippen LogP) is 5.20. The highest BCUT2D eigenvalue weighted by Gasteiger charge is 2.25. The minimum Gasteiger partial charge on any atom is -0.495 e. The summed E-state index contributed by atoms with van der Waals surface area (Å²) < 4.78 is 14.3. The summed E-state index contributed by atoms with van der Waals surface area (Å²) >= 11 is 6.28. The minimum atomic E-state index is -0.330. The van der Waals surface area contributed by atoms with Crippen molar-refractivity contribution in [3.05, 3.63) is 82.8 Å². The molecule has 0 aliphatic rings. The molecular formula is C24H23ClN4O3. The maximum Gasteiger partial charge on any atom is 0.261 e. The van der Waals surface area contributed by atoms with E-state index < -0.39 is 0 Å². The quantitative estimate of drug-likeness (QED) is 0.438. The van der Waals surface area contributed by atoms with Gasteiger partial charge in [0.05, 0.1) is 36.3 Å². The van der Waals surface area contributed by atoms with Crippen LogP contribution in [-0.4, -0.2) is 34.5 Å². The highest BCUT2D eigenvalue weighted by Crippen LogP contribution is 2.36. The van der Waals surface area contributed by atoms with Crippen LogP contribution < -0.4 is 14.8 Å². The van der Waals surface area contributed by atoms with Gasteiger partial charge in [-0.15, -0.1) is 0 Å². The van der Waals surface area contributed by atoms with E-state index >= 15 is 0 Å². The summed E-state index contributed by atoms with van der Waals surface area (Å²) in [6.45, 7) is 3.84. The Labute approximate surface area is 191 Å². The first kappa shape index (κ1) is 21.5. The van der Waals surface area contributed by atoms with Gasteiger partial charge in [-0.2, -0.15) is 5.10 Å². The number of halogens is 1. The van der Waals surface area contributed by atoms with Crippen molar-refractivity contribution < 1.29 is 14.3 Å². The van der Waals surface area contributed by atoms with Gasteiger partial charge in [-0.1, -0.05) is 29.3 Å². The third-order valence-electron chi connectivity index (χ3n) is 5.11. The molecule has 2 aromatic carbocycles. The predicted molar refractivity (Wildman–Crippen MR) is 125 cm³/mol. The Morgan fingerprint density at radius 3 is 2.28 bits per heavy atom. The highest BCUT2D eigenvalue weighted by atomic mass is 35.5. The molecule has 0 unspecified atom stereocenters. The van der Waals surface area contributed by atoms with Crippen LogP contribution in [0, 0.1) is 13.8 Å². The average Bonchev–Trinajstić information content (AvgIpc) is 3.42. The number of hydrogen-bond acceptors (Lipinski definition) is 4. The molecule has 8 heteroatoms. The van der Waals surface area contributed by atoms with Gasteiger partial charge < -0.3 is 19.4 Å². The van der Waals surface area contributed by atoms with E-state index in [1.54, 1.807) is 16.8 Å². The summed E-state index contributed by atoms with van der Waals surface area (Å²) in [5.74, 6) is 1.19. The van der Waals surface area contributed by atoms with E-state index in [2.05, 4.69) is 10.4 Å². The molecule has 0 saturated heterocycles. The number of anilines is 1.